The minimum Gasteiger partial charge on any atom is -0.481 e. The number of carbonyl (C=O) groups excluding carboxylic acids is 1. The molecular formula is C17H17NO5. The first-order chi connectivity index (χ1) is 11.1. The van der Waals surface area contributed by atoms with E-state index in [9.17, 15) is 9.59 Å². The number of rotatable bonds is 4. The summed E-state index contributed by atoms with van der Waals surface area (Å²) >= 11 is 0. The fourth-order valence-electron chi connectivity index (χ4n) is 2.79. The number of amides is 1. The molecule has 0 saturated carbocycles. The van der Waals surface area contributed by atoms with E-state index < -0.39 is 11.9 Å². The van der Waals surface area contributed by atoms with Gasteiger partial charge < -0.3 is 19.2 Å². The SMILES string of the molecule is CC1C(C(=O)O)CCN1C(=O)c1ccc(Oc2ccccc2)o1. The van der Waals surface area contributed by atoms with Crippen molar-refractivity contribution >= 4 is 11.9 Å². The molecule has 23 heavy (non-hydrogen) atoms. The summed E-state index contributed by atoms with van der Waals surface area (Å²) in [6.07, 6.45) is 0.455. The van der Waals surface area contributed by atoms with Crippen molar-refractivity contribution in [1.82, 2.24) is 4.90 Å². The summed E-state index contributed by atoms with van der Waals surface area (Å²) in [6.45, 7) is 2.15. The maximum Gasteiger partial charge on any atom is 0.308 e. The fraction of sp³-hybridized carbons (Fsp3) is 0.294. The summed E-state index contributed by atoms with van der Waals surface area (Å²) in [5, 5.41) is 9.14. The Labute approximate surface area is 133 Å². The monoisotopic (exact) mass is 315 g/mol. The Bertz CT molecular complexity index is 709. The van der Waals surface area contributed by atoms with Crippen molar-refractivity contribution in [2.45, 2.75) is 19.4 Å². The van der Waals surface area contributed by atoms with Crippen LogP contribution in [-0.4, -0.2) is 34.5 Å². The number of carboxylic acids is 1. The average Bonchev–Trinajstić information content (AvgIpc) is 3.14. The lowest BCUT2D eigenvalue weighted by molar-refractivity contribution is -0.142. The fourth-order valence-corrected chi connectivity index (χ4v) is 2.79. The number of hydrogen-bond acceptors (Lipinski definition) is 4. The van der Waals surface area contributed by atoms with Crippen molar-refractivity contribution in [3.05, 3.63) is 48.2 Å². The molecule has 1 fully saturated rings. The number of benzene rings is 1. The van der Waals surface area contributed by atoms with E-state index in [2.05, 4.69) is 0 Å². The molecule has 1 N–H and O–H groups in total. The molecule has 2 unspecified atom stereocenters. The third-order valence-corrected chi connectivity index (χ3v) is 4.09. The zero-order valence-electron chi connectivity index (χ0n) is 12.6. The van der Waals surface area contributed by atoms with Crippen LogP contribution in [0.2, 0.25) is 0 Å². The maximum atomic E-state index is 12.5. The minimum absolute atomic E-state index is 0.147. The number of carbonyl (C=O) groups is 2. The summed E-state index contributed by atoms with van der Waals surface area (Å²) in [4.78, 5) is 25.1. The molecule has 1 aliphatic rings. The molecule has 2 atom stereocenters. The summed E-state index contributed by atoms with van der Waals surface area (Å²) in [5.74, 6) is -0.741. The van der Waals surface area contributed by atoms with Gasteiger partial charge in [0.2, 0.25) is 0 Å². The number of para-hydroxylation sites is 1. The summed E-state index contributed by atoms with van der Waals surface area (Å²) < 4.78 is 11.0. The summed E-state index contributed by atoms with van der Waals surface area (Å²) in [5.41, 5.74) is 0. The topological polar surface area (TPSA) is 80.0 Å². The molecule has 3 rings (SSSR count). The maximum absolute atomic E-state index is 12.5. The van der Waals surface area contributed by atoms with Crippen molar-refractivity contribution < 1.29 is 23.8 Å². The molecule has 6 nitrogen and oxygen atoms in total. The predicted molar refractivity (Wildman–Crippen MR) is 81.5 cm³/mol. The van der Waals surface area contributed by atoms with E-state index in [0.717, 1.165) is 0 Å². The molecule has 120 valence electrons. The molecule has 0 spiro atoms. The largest absolute Gasteiger partial charge is 0.481 e. The number of hydrogen-bond donors (Lipinski definition) is 1. The molecule has 0 aliphatic carbocycles. The molecule has 1 aliphatic heterocycles. The van der Waals surface area contributed by atoms with Gasteiger partial charge in [0.25, 0.3) is 11.9 Å². The third-order valence-electron chi connectivity index (χ3n) is 4.09. The second-order valence-electron chi connectivity index (χ2n) is 5.51. The van der Waals surface area contributed by atoms with E-state index in [1.807, 2.05) is 18.2 Å². The number of aliphatic carboxylic acids is 1. The number of carboxylic acid groups (broad SMARTS) is 1. The minimum atomic E-state index is -0.875. The third kappa shape index (κ3) is 3.06. The number of likely N-dealkylation sites (tertiary alicyclic amines) is 1. The highest BCUT2D eigenvalue weighted by Gasteiger charge is 2.39. The van der Waals surface area contributed by atoms with Gasteiger partial charge >= 0.3 is 5.97 Å². The quantitative estimate of drug-likeness (QED) is 0.938. The lowest BCUT2D eigenvalue weighted by atomic mass is 10.0. The van der Waals surface area contributed by atoms with Crippen LogP contribution in [0.4, 0.5) is 0 Å². The van der Waals surface area contributed by atoms with Gasteiger partial charge in [-0.25, -0.2) is 0 Å². The van der Waals surface area contributed by atoms with E-state index in [4.69, 9.17) is 14.3 Å². The second-order valence-corrected chi connectivity index (χ2v) is 5.51. The van der Waals surface area contributed by atoms with E-state index >= 15 is 0 Å². The van der Waals surface area contributed by atoms with Crippen LogP contribution >= 0.6 is 0 Å². The highest BCUT2D eigenvalue weighted by molar-refractivity contribution is 5.92. The zero-order valence-corrected chi connectivity index (χ0v) is 12.6. The molecule has 1 saturated heterocycles. The van der Waals surface area contributed by atoms with Gasteiger partial charge in [0.1, 0.15) is 5.75 Å². The summed E-state index contributed by atoms with van der Waals surface area (Å²) in [6, 6.07) is 11.9. The highest BCUT2D eigenvalue weighted by atomic mass is 16.6. The van der Waals surface area contributed by atoms with Gasteiger partial charge in [-0.1, -0.05) is 18.2 Å². The lowest BCUT2D eigenvalue weighted by Gasteiger charge is -2.22. The van der Waals surface area contributed by atoms with Crippen molar-refractivity contribution in [2.75, 3.05) is 6.54 Å². The van der Waals surface area contributed by atoms with E-state index in [1.165, 1.54) is 4.90 Å². The molecular weight excluding hydrogens is 298 g/mol. The molecule has 2 heterocycles. The first kappa shape index (κ1) is 15.1. The lowest BCUT2D eigenvalue weighted by Crippen LogP contribution is -2.37. The van der Waals surface area contributed by atoms with Gasteiger partial charge in [0.15, 0.2) is 5.76 Å². The molecule has 1 aromatic carbocycles. The summed E-state index contributed by atoms with van der Waals surface area (Å²) in [7, 11) is 0. The highest BCUT2D eigenvalue weighted by Crippen LogP contribution is 2.28. The van der Waals surface area contributed by atoms with Crippen LogP contribution < -0.4 is 4.74 Å². The molecule has 0 radical (unpaired) electrons. The van der Waals surface area contributed by atoms with Crippen LogP contribution in [0.25, 0.3) is 0 Å². The number of furan rings is 1. The predicted octanol–water partition coefficient (Wildman–Crippen LogP) is 3.01. The average molecular weight is 315 g/mol. The molecule has 1 amide bonds. The van der Waals surface area contributed by atoms with Gasteiger partial charge in [-0.15, -0.1) is 0 Å². The normalized spacial score (nSPS) is 20.5. The number of nitrogens with zero attached hydrogens (tertiary/aromatic N) is 1. The molecule has 1 aromatic heterocycles. The first-order valence-corrected chi connectivity index (χ1v) is 7.43. The van der Waals surface area contributed by atoms with Crippen LogP contribution in [-0.2, 0) is 4.79 Å². The van der Waals surface area contributed by atoms with Crippen LogP contribution in [0.5, 0.6) is 11.7 Å². The van der Waals surface area contributed by atoms with Crippen LogP contribution in [0.15, 0.2) is 46.9 Å². The standard InChI is InChI=1S/C17H17NO5/c1-11-13(17(20)21)9-10-18(11)16(19)14-7-8-15(23-14)22-12-5-3-2-4-6-12/h2-8,11,13H,9-10H2,1H3,(H,20,21). The Balaban J connectivity index is 1.71. The smallest absolute Gasteiger partial charge is 0.308 e. The van der Waals surface area contributed by atoms with Crippen molar-refractivity contribution in [3.8, 4) is 11.7 Å². The molecule has 6 heteroatoms. The Morgan fingerprint density at radius 1 is 1.22 bits per heavy atom. The zero-order chi connectivity index (χ0) is 16.4. The first-order valence-electron chi connectivity index (χ1n) is 7.43. The Kier molecular flexibility index (Phi) is 4.06. The van der Waals surface area contributed by atoms with Crippen LogP contribution in [0, 0.1) is 5.92 Å². The van der Waals surface area contributed by atoms with Gasteiger partial charge in [0, 0.05) is 18.7 Å². The van der Waals surface area contributed by atoms with Gasteiger partial charge in [-0.05, 0) is 31.5 Å². The Morgan fingerprint density at radius 3 is 2.61 bits per heavy atom. The van der Waals surface area contributed by atoms with Crippen molar-refractivity contribution in [2.24, 2.45) is 5.92 Å². The van der Waals surface area contributed by atoms with Crippen LogP contribution in [0.3, 0.4) is 0 Å². The van der Waals surface area contributed by atoms with Gasteiger partial charge in [0.05, 0.1) is 5.92 Å². The molecule has 2 aromatic rings. The van der Waals surface area contributed by atoms with Crippen LogP contribution in [0.1, 0.15) is 23.9 Å². The van der Waals surface area contributed by atoms with Crippen molar-refractivity contribution in [3.63, 3.8) is 0 Å². The van der Waals surface area contributed by atoms with Crippen molar-refractivity contribution in [1.29, 1.82) is 0 Å². The molecule has 0 bridgehead atoms. The van der Waals surface area contributed by atoms with Gasteiger partial charge in [-0.3, -0.25) is 9.59 Å². The van der Waals surface area contributed by atoms with Gasteiger partial charge in [-0.2, -0.15) is 0 Å². The Hall–Kier alpha value is -2.76. The second kappa shape index (κ2) is 6.16. The van der Waals surface area contributed by atoms with E-state index in [-0.39, 0.29) is 23.7 Å². The van der Waals surface area contributed by atoms with E-state index in [0.29, 0.717) is 18.7 Å². The number of ether oxygens (including phenoxy) is 1. The Morgan fingerprint density at radius 2 is 1.96 bits per heavy atom. The van der Waals surface area contributed by atoms with E-state index in [1.54, 1.807) is 31.2 Å².